The number of carboxylic acid groups (broad SMARTS) is 2. The second-order valence-corrected chi connectivity index (χ2v) is 4.94. The Morgan fingerprint density at radius 3 is 1.21 bits per heavy atom. The van der Waals surface area contributed by atoms with Crippen molar-refractivity contribution in [3.63, 3.8) is 0 Å². The first-order chi connectivity index (χ1) is 8.26. The first-order valence-corrected chi connectivity index (χ1v) is 5.98. The van der Waals surface area contributed by atoms with Gasteiger partial charge in [0.05, 0.1) is 11.9 Å². The maximum atomic E-state index is 12.3. The van der Waals surface area contributed by atoms with Crippen molar-refractivity contribution in [3.05, 3.63) is 0 Å². The first-order valence-electron chi connectivity index (χ1n) is 5.98. The normalized spacial score (nSPS) is 38.3. The van der Waals surface area contributed by atoms with Crippen LogP contribution in [0.2, 0.25) is 0 Å². The topological polar surface area (TPSA) is 80.3 Å². The summed E-state index contributed by atoms with van der Waals surface area (Å²) in [7, 11) is 0. The Morgan fingerprint density at radius 2 is 1.21 bits per heavy atom. The summed E-state index contributed by atoms with van der Waals surface area (Å²) in [6.45, 7) is 3.32. The molecule has 0 heterocycles. The van der Waals surface area contributed by atoms with Crippen molar-refractivity contribution in [2.24, 2.45) is 10.8 Å². The number of halogens is 2. The van der Waals surface area contributed by atoms with Crippen molar-refractivity contribution in [2.75, 3.05) is 0 Å². The monoisotopic (exact) mass is 318 g/mol. The van der Waals surface area contributed by atoms with E-state index in [0.717, 1.165) is 0 Å². The summed E-state index contributed by atoms with van der Waals surface area (Å²) in [5.74, 6) is -2.48. The van der Waals surface area contributed by atoms with Gasteiger partial charge >= 0.3 is 17.1 Å². The predicted octanol–water partition coefficient (Wildman–Crippen LogP) is -0.254. The smallest absolute Gasteiger partial charge is 0.549 e. The molecule has 0 aromatic carbocycles. The molecule has 2 fully saturated rings. The van der Waals surface area contributed by atoms with Crippen molar-refractivity contribution >= 4 is 11.9 Å². The van der Waals surface area contributed by atoms with E-state index in [1.807, 2.05) is 0 Å². The third kappa shape index (κ3) is 3.26. The average molecular weight is 318 g/mol. The Bertz CT molecular complexity index is 324. The number of rotatable bonds is 4. The molecule has 0 amide bonds. The summed E-state index contributed by atoms with van der Waals surface area (Å²) in [6, 6.07) is 0. The minimum absolute atomic E-state index is 0. The van der Waals surface area contributed by atoms with Gasteiger partial charge in [0.25, 0.3) is 0 Å². The third-order valence-electron chi connectivity index (χ3n) is 4.04. The number of alkyl halides is 2. The molecule has 2 aliphatic carbocycles. The molecule has 4 unspecified atom stereocenters. The maximum Gasteiger partial charge on any atom is 2.00 e. The zero-order valence-electron chi connectivity index (χ0n) is 10.7. The first kappa shape index (κ1) is 18.3. The van der Waals surface area contributed by atoms with E-state index in [-0.39, 0.29) is 29.9 Å². The molecule has 2 rings (SSSR count). The van der Waals surface area contributed by atoms with Crippen molar-refractivity contribution < 1.29 is 45.7 Å². The van der Waals surface area contributed by atoms with E-state index in [0.29, 0.717) is 12.8 Å². The van der Waals surface area contributed by atoms with Crippen LogP contribution in [0.3, 0.4) is 0 Å². The molecule has 0 radical (unpaired) electrons. The average Bonchev–Trinajstić information content (AvgIpc) is 3.16. The van der Waals surface area contributed by atoms with Crippen molar-refractivity contribution in [2.45, 2.75) is 51.9 Å². The number of carbonyl (C=O) groups excluding carboxylic acids is 2. The van der Waals surface area contributed by atoms with Crippen LogP contribution in [0.15, 0.2) is 0 Å². The molecule has 0 aromatic rings. The second kappa shape index (κ2) is 6.18. The Balaban J connectivity index is 0.000000324. The van der Waals surface area contributed by atoms with Gasteiger partial charge in [0.2, 0.25) is 0 Å². The Morgan fingerprint density at radius 1 is 1.00 bits per heavy atom. The fourth-order valence-corrected chi connectivity index (χ4v) is 1.96. The molecule has 7 heteroatoms. The van der Waals surface area contributed by atoms with Gasteiger partial charge in [0, 0.05) is 10.8 Å². The number of aliphatic carboxylic acids is 2. The molecule has 0 aromatic heterocycles. The molecule has 0 spiro atoms. The molecule has 19 heavy (non-hydrogen) atoms. The van der Waals surface area contributed by atoms with Crippen LogP contribution < -0.4 is 10.2 Å². The van der Waals surface area contributed by atoms with E-state index in [1.54, 1.807) is 13.8 Å². The van der Waals surface area contributed by atoms with Gasteiger partial charge in [-0.05, 0) is 25.7 Å². The summed E-state index contributed by atoms with van der Waals surface area (Å²) < 4.78 is 24.5. The number of hydrogen-bond acceptors (Lipinski definition) is 4. The van der Waals surface area contributed by atoms with Gasteiger partial charge in [0.1, 0.15) is 12.3 Å². The van der Waals surface area contributed by atoms with Gasteiger partial charge < -0.3 is 19.8 Å². The van der Waals surface area contributed by atoms with Gasteiger partial charge in [-0.25, -0.2) is 8.78 Å². The molecule has 0 saturated heterocycles. The standard InChI is InChI=1S/2C6H9FO2.Fe/c2*1-2-6(5(8)9)3-4(6)7;/h2*4H,2-3H2,1H3,(H,8,9);/q;;+2/p-2. The van der Waals surface area contributed by atoms with Gasteiger partial charge in [-0.1, -0.05) is 13.8 Å². The Hall–Kier alpha value is -0.681. The molecule has 0 bridgehead atoms. The quantitative estimate of drug-likeness (QED) is 0.669. The Labute approximate surface area is 121 Å². The van der Waals surface area contributed by atoms with E-state index in [2.05, 4.69) is 0 Å². The van der Waals surface area contributed by atoms with Crippen LogP contribution in [0.4, 0.5) is 8.78 Å². The molecule has 4 atom stereocenters. The van der Waals surface area contributed by atoms with Crippen LogP contribution in [0, 0.1) is 10.8 Å². The maximum absolute atomic E-state index is 12.3. The summed E-state index contributed by atoms with van der Waals surface area (Å²) in [5, 5.41) is 20.3. The summed E-state index contributed by atoms with van der Waals surface area (Å²) in [5.41, 5.74) is -2.22. The van der Waals surface area contributed by atoms with Crippen LogP contribution in [0.25, 0.3) is 0 Å². The zero-order valence-corrected chi connectivity index (χ0v) is 11.8. The molecule has 2 saturated carbocycles. The van der Waals surface area contributed by atoms with Crippen LogP contribution in [0.1, 0.15) is 39.5 Å². The van der Waals surface area contributed by atoms with Crippen molar-refractivity contribution in [1.29, 1.82) is 0 Å². The van der Waals surface area contributed by atoms with Crippen LogP contribution >= 0.6 is 0 Å². The fraction of sp³-hybridized carbons (Fsp3) is 0.833. The van der Waals surface area contributed by atoms with E-state index < -0.39 is 35.1 Å². The third-order valence-corrected chi connectivity index (χ3v) is 4.04. The molecule has 110 valence electrons. The largest absolute Gasteiger partial charge is 2.00 e. The zero-order chi connectivity index (χ0) is 14.1. The minimum atomic E-state index is -1.24. The summed E-state index contributed by atoms with van der Waals surface area (Å²) in [4.78, 5) is 20.3. The van der Waals surface area contributed by atoms with Crippen LogP contribution in [0.5, 0.6) is 0 Å². The van der Waals surface area contributed by atoms with E-state index >= 15 is 0 Å². The number of carbonyl (C=O) groups is 2. The molecule has 0 aliphatic heterocycles. The summed E-state index contributed by atoms with van der Waals surface area (Å²) >= 11 is 0. The van der Waals surface area contributed by atoms with Gasteiger partial charge in [-0.2, -0.15) is 0 Å². The molecule has 0 N–H and O–H groups in total. The van der Waals surface area contributed by atoms with E-state index in [4.69, 9.17) is 0 Å². The van der Waals surface area contributed by atoms with E-state index in [9.17, 15) is 28.6 Å². The van der Waals surface area contributed by atoms with Crippen molar-refractivity contribution in [3.8, 4) is 0 Å². The molecular formula is C12H16F2FeO4. The number of hydrogen-bond donors (Lipinski definition) is 0. The Kier molecular flexibility index (Phi) is 5.96. The SMILES string of the molecule is CCC1(C(=O)[O-])CC1F.CCC1(C(=O)[O-])CC1F.[Fe+2]. The molecular weight excluding hydrogens is 302 g/mol. The van der Waals surface area contributed by atoms with E-state index in [1.165, 1.54) is 0 Å². The minimum Gasteiger partial charge on any atom is -0.549 e. The number of carboxylic acids is 2. The molecule has 2 aliphatic rings. The molecule has 4 nitrogen and oxygen atoms in total. The van der Waals surface area contributed by atoms with Gasteiger partial charge in [-0.15, -0.1) is 0 Å². The fourth-order valence-electron chi connectivity index (χ4n) is 1.96. The predicted molar refractivity (Wildman–Crippen MR) is 54.5 cm³/mol. The van der Waals surface area contributed by atoms with Gasteiger partial charge in [-0.3, -0.25) is 0 Å². The van der Waals surface area contributed by atoms with Crippen LogP contribution in [-0.2, 0) is 26.7 Å². The van der Waals surface area contributed by atoms with Crippen LogP contribution in [-0.4, -0.2) is 24.3 Å². The second-order valence-electron chi connectivity index (χ2n) is 4.94. The van der Waals surface area contributed by atoms with Gasteiger partial charge in [0.15, 0.2) is 0 Å². The summed E-state index contributed by atoms with van der Waals surface area (Å²) in [6.07, 6.45) is -1.34. The van der Waals surface area contributed by atoms with Crippen molar-refractivity contribution in [1.82, 2.24) is 0 Å².